The Hall–Kier alpha value is -1.36. The molecule has 1 heterocycles. The van der Waals surface area contributed by atoms with Gasteiger partial charge in [0, 0.05) is 18.5 Å². The third kappa shape index (κ3) is 4.60. The van der Waals surface area contributed by atoms with Crippen LogP contribution in [0.5, 0.6) is 0 Å². The molecule has 0 aromatic carbocycles. The molecule has 1 unspecified atom stereocenters. The largest absolute Gasteiger partial charge is 0.338 e. The molecular weight excluding hydrogens is 194 g/mol. The van der Waals surface area contributed by atoms with Gasteiger partial charge in [0.1, 0.15) is 0 Å². The van der Waals surface area contributed by atoms with E-state index in [1.165, 1.54) is 0 Å². The Balaban J connectivity index is 2.24. The lowest BCUT2D eigenvalue weighted by molar-refractivity contribution is -0.116. The fraction of sp³-hybridized carbons (Fsp3) is 0.600. The van der Waals surface area contributed by atoms with Gasteiger partial charge in [0.15, 0.2) is 0 Å². The number of aromatic nitrogens is 1. The van der Waals surface area contributed by atoms with Crippen molar-refractivity contribution in [3.8, 4) is 0 Å². The zero-order valence-corrected chi connectivity index (χ0v) is 9.12. The monoisotopic (exact) mass is 211 g/mol. The van der Waals surface area contributed by atoms with Crippen LogP contribution in [0, 0.1) is 6.92 Å². The Labute approximate surface area is 89.0 Å². The van der Waals surface area contributed by atoms with Crippen LogP contribution in [0.1, 0.15) is 31.9 Å². The van der Waals surface area contributed by atoms with E-state index in [2.05, 4.69) is 10.5 Å². The smallest absolute Gasteiger partial charge is 0.231 e. The van der Waals surface area contributed by atoms with E-state index in [1.54, 1.807) is 13.0 Å². The molecule has 1 amide bonds. The zero-order valence-electron chi connectivity index (χ0n) is 9.12. The minimum Gasteiger partial charge on any atom is -0.338 e. The Morgan fingerprint density at radius 1 is 1.73 bits per heavy atom. The number of hydrogen-bond donors (Lipinski definition) is 2. The number of anilines is 1. The van der Waals surface area contributed by atoms with Gasteiger partial charge < -0.3 is 10.3 Å². The molecule has 0 aliphatic heterocycles. The molecule has 0 saturated carbocycles. The molecule has 0 radical (unpaired) electrons. The van der Waals surface area contributed by atoms with Crippen LogP contribution in [-0.4, -0.2) is 17.1 Å². The number of carbonyl (C=O) groups is 1. The van der Waals surface area contributed by atoms with Gasteiger partial charge in [-0.1, -0.05) is 5.16 Å². The number of nitrogens with zero attached hydrogens (tertiary/aromatic N) is 1. The summed E-state index contributed by atoms with van der Waals surface area (Å²) >= 11 is 0. The standard InChI is InChI=1S/C10H17N3O2/c1-7(11)4-3-5-9(14)12-10-6-8(2)13-15-10/h6-7H,3-5,11H2,1-2H3,(H,12,14). The molecule has 5 heteroatoms. The van der Waals surface area contributed by atoms with E-state index in [-0.39, 0.29) is 11.9 Å². The lowest BCUT2D eigenvalue weighted by Gasteiger charge is -2.03. The zero-order chi connectivity index (χ0) is 11.3. The Morgan fingerprint density at radius 3 is 3.00 bits per heavy atom. The van der Waals surface area contributed by atoms with Crippen molar-refractivity contribution in [3.05, 3.63) is 11.8 Å². The van der Waals surface area contributed by atoms with Crippen LogP contribution < -0.4 is 11.1 Å². The number of nitrogens with two attached hydrogens (primary N) is 1. The van der Waals surface area contributed by atoms with Gasteiger partial charge in [0.25, 0.3) is 0 Å². The highest BCUT2D eigenvalue weighted by Gasteiger charge is 2.06. The van der Waals surface area contributed by atoms with E-state index in [4.69, 9.17) is 10.3 Å². The molecule has 0 aliphatic rings. The predicted octanol–water partition coefficient (Wildman–Crippen LogP) is 1.44. The van der Waals surface area contributed by atoms with Crippen molar-refractivity contribution in [2.24, 2.45) is 5.73 Å². The van der Waals surface area contributed by atoms with Crippen LogP contribution in [0.25, 0.3) is 0 Å². The molecule has 0 bridgehead atoms. The first kappa shape index (κ1) is 11.7. The van der Waals surface area contributed by atoms with E-state index >= 15 is 0 Å². The van der Waals surface area contributed by atoms with Gasteiger partial charge in [0.2, 0.25) is 11.8 Å². The average molecular weight is 211 g/mol. The van der Waals surface area contributed by atoms with Gasteiger partial charge >= 0.3 is 0 Å². The van der Waals surface area contributed by atoms with Crippen LogP contribution in [0.3, 0.4) is 0 Å². The third-order valence-corrected chi connectivity index (χ3v) is 1.95. The number of rotatable bonds is 5. The molecule has 0 fully saturated rings. The fourth-order valence-electron chi connectivity index (χ4n) is 1.21. The highest BCUT2D eigenvalue weighted by atomic mass is 16.5. The maximum atomic E-state index is 11.4. The number of aryl methyl sites for hydroxylation is 1. The molecule has 15 heavy (non-hydrogen) atoms. The normalized spacial score (nSPS) is 12.5. The van der Waals surface area contributed by atoms with Gasteiger partial charge in [-0.3, -0.25) is 10.1 Å². The van der Waals surface area contributed by atoms with Crippen molar-refractivity contribution in [1.82, 2.24) is 5.16 Å². The molecule has 84 valence electrons. The summed E-state index contributed by atoms with van der Waals surface area (Å²) in [6.45, 7) is 3.73. The molecule has 0 saturated heterocycles. The van der Waals surface area contributed by atoms with Gasteiger partial charge in [-0.2, -0.15) is 0 Å². The topological polar surface area (TPSA) is 81.2 Å². The van der Waals surface area contributed by atoms with E-state index in [0.29, 0.717) is 12.3 Å². The summed E-state index contributed by atoms with van der Waals surface area (Å²) in [4.78, 5) is 11.4. The van der Waals surface area contributed by atoms with Crippen LogP contribution >= 0.6 is 0 Å². The quantitative estimate of drug-likeness (QED) is 0.772. The second-order valence-corrected chi connectivity index (χ2v) is 3.75. The van der Waals surface area contributed by atoms with Crippen molar-refractivity contribution in [2.75, 3.05) is 5.32 Å². The molecular formula is C10H17N3O2. The summed E-state index contributed by atoms with van der Waals surface area (Å²) in [7, 11) is 0. The first-order chi connectivity index (χ1) is 7.08. The maximum absolute atomic E-state index is 11.4. The Bertz CT molecular complexity index is 320. The van der Waals surface area contributed by atoms with Crippen molar-refractivity contribution in [1.29, 1.82) is 0 Å². The van der Waals surface area contributed by atoms with Gasteiger partial charge in [-0.15, -0.1) is 0 Å². The first-order valence-corrected chi connectivity index (χ1v) is 5.06. The highest BCUT2D eigenvalue weighted by molar-refractivity contribution is 5.89. The van der Waals surface area contributed by atoms with E-state index in [1.807, 2.05) is 6.92 Å². The van der Waals surface area contributed by atoms with Crippen molar-refractivity contribution < 1.29 is 9.32 Å². The Morgan fingerprint density at radius 2 is 2.47 bits per heavy atom. The van der Waals surface area contributed by atoms with Crippen molar-refractivity contribution in [3.63, 3.8) is 0 Å². The lowest BCUT2D eigenvalue weighted by Crippen LogP contribution is -2.16. The van der Waals surface area contributed by atoms with Gasteiger partial charge in [-0.25, -0.2) is 0 Å². The Kier molecular flexibility index (Phi) is 4.30. The molecule has 1 atom stereocenters. The van der Waals surface area contributed by atoms with E-state index < -0.39 is 0 Å². The van der Waals surface area contributed by atoms with Crippen molar-refractivity contribution in [2.45, 2.75) is 39.2 Å². The molecule has 1 aromatic heterocycles. The van der Waals surface area contributed by atoms with Crippen LogP contribution in [0.15, 0.2) is 10.6 Å². The predicted molar refractivity (Wildman–Crippen MR) is 57.4 cm³/mol. The summed E-state index contributed by atoms with van der Waals surface area (Å²) in [5, 5.41) is 6.30. The van der Waals surface area contributed by atoms with Crippen LogP contribution in [-0.2, 0) is 4.79 Å². The van der Waals surface area contributed by atoms with E-state index in [9.17, 15) is 4.79 Å². The third-order valence-electron chi connectivity index (χ3n) is 1.95. The van der Waals surface area contributed by atoms with Crippen molar-refractivity contribution >= 4 is 11.8 Å². The maximum Gasteiger partial charge on any atom is 0.231 e. The van der Waals surface area contributed by atoms with Gasteiger partial charge in [-0.05, 0) is 26.7 Å². The highest BCUT2D eigenvalue weighted by Crippen LogP contribution is 2.09. The summed E-state index contributed by atoms with van der Waals surface area (Å²) in [5.74, 6) is 0.338. The molecule has 0 spiro atoms. The number of nitrogens with one attached hydrogen (secondary N) is 1. The molecule has 1 rings (SSSR count). The summed E-state index contributed by atoms with van der Waals surface area (Å²) in [6, 6.07) is 1.83. The lowest BCUT2D eigenvalue weighted by atomic mass is 10.1. The van der Waals surface area contributed by atoms with Crippen LogP contribution in [0.2, 0.25) is 0 Å². The minimum atomic E-state index is -0.0631. The molecule has 0 aliphatic carbocycles. The second-order valence-electron chi connectivity index (χ2n) is 3.75. The summed E-state index contributed by atoms with van der Waals surface area (Å²) in [6.07, 6.45) is 2.10. The summed E-state index contributed by atoms with van der Waals surface area (Å²) < 4.78 is 4.86. The number of carbonyl (C=O) groups excluding carboxylic acids is 1. The fourth-order valence-corrected chi connectivity index (χ4v) is 1.21. The average Bonchev–Trinajstić information content (AvgIpc) is 2.50. The number of hydrogen-bond acceptors (Lipinski definition) is 4. The SMILES string of the molecule is Cc1cc(NC(=O)CCCC(C)N)on1. The van der Waals surface area contributed by atoms with Crippen LogP contribution in [0.4, 0.5) is 5.88 Å². The minimum absolute atomic E-state index is 0.0631. The second kappa shape index (κ2) is 5.50. The summed E-state index contributed by atoms with van der Waals surface area (Å²) in [5.41, 5.74) is 6.33. The molecule has 1 aromatic rings. The molecule has 3 N–H and O–H groups in total. The van der Waals surface area contributed by atoms with Gasteiger partial charge in [0.05, 0.1) is 5.69 Å². The van der Waals surface area contributed by atoms with E-state index in [0.717, 1.165) is 18.5 Å². The first-order valence-electron chi connectivity index (χ1n) is 5.06. The number of amides is 1. The molecule has 5 nitrogen and oxygen atoms in total.